The van der Waals surface area contributed by atoms with Crippen molar-refractivity contribution in [3.8, 4) is 0 Å². The fourth-order valence-corrected chi connectivity index (χ4v) is 6.57. The molecule has 0 radical (unpaired) electrons. The van der Waals surface area contributed by atoms with E-state index in [1.54, 1.807) is 0 Å². The van der Waals surface area contributed by atoms with Gasteiger partial charge < -0.3 is 25.6 Å². The van der Waals surface area contributed by atoms with Gasteiger partial charge in [0.1, 0.15) is 12.7 Å². The molecule has 0 aromatic heterocycles. The van der Waals surface area contributed by atoms with Crippen molar-refractivity contribution < 1.29 is 33.8 Å². The van der Waals surface area contributed by atoms with Gasteiger partial charge in [0.05, 0.1) is 6.04 Å². The topological polar surface area (TPSA) is 145 Å². The Morgan fingerprint density at radius 3 is 1.17 bits per heavy atom. The molecule has 0 aromatic rings. The zero-order chi connectivity index (χ0) is 38.3. The number of hydrogen-bond donors (Lipinski definition) is 3. The lowest BCUT2D eigenvalue weighted by Crippen LogP contribution is -2.46. The minimum atomic E-state index is -1.59. The van der Waals surface area contributed by atoms with Gasteiger partial charge in [0, 0.05) is 25.9 Å². The SMILES string of the molecule is CCCCCCCCCCCCCCCCCC(=O)OCC(CNCC(N)C(=O)C(=O)O)OC(=O)CCCCCCCCCCCCCCCCC.Cl. The van der Waals surface area contributed by atoms with Crippen LogP contribution < -0.4 is 11.1 Å². The maximum Gasteiger partial charge on any atom is 0.373 e. The van der Waals surface area contributed by atoms with Gasteiger partial charge in [-0.1, -0.05) is 194 Å². The number of halogens is 1. The van der Waals surface area contributed by atoms with Crippen LogP contribution in [0.1, 0.15) is 219 Å². The van der Waals surface area contributed by atoms with Crippen LogP contribution >= 0.6 is 12.4 Å². The maximum atomic E-state index is 12.6. The van der Waals surface area contributed by atoms with E-state index in [1.165, 1.54) is 154 Å². The molecule has 10 heteroatoms. The number of nitrogens with two attached hydrogens (primary N) is 1. The minimum absolute atomic E-state index is 0. The fraction of sp³-hybridized carbons (Fsp3) is 0.907. The van der Waals surface area contributed by atoms with Gasteiger partial charge in [0.15, 0.2) is 0 Å². The first-order chi connectivity index (χ1) is 25.3. The van der Waals surface area contributed by atoms with E-state index < -0.39 is 23.9 Å². The van der Waals surface area contributed by atoms with Crippen LogP contribution in [0.15, 0.2) is 0 Å². The standard InChI is InChI=1S/C43H82N2O7.ClH/c1-3-5-7-9-11-13-15-17-19-21-23-25-27-29-31-33-40(46)51-37-38(35-45-36-39(44)42(48)43(49)50)52-41(47)34-32-30-28-26-24-22-20-18-16-14-12-10-8-6-4-2;/h38-39,45H,3-37,44H2,1-2H3,(H,49,50);1H. The number of Topliss-reactive ketones (excluding diaryl/α,β-unsaturated/α-hetero) is 1. The van der Waals surface area contributed by atoms with Gasteiger partial charge in [-0.2, -0.15) is 0 Å². The third-order valence-electron chi connectivity index (χ3n) is 9.98. The number of nitrogens with one attached hydrogen (secondary N) is 1. The summed E-state index contributed by atoms with van der Waals surface area (Å²) in [5, 5.41) is 11.8. The summed E-state index contributed by atoms with van der Waals surface area (Å²) >= 11 is 0. The molecule has 53 heavy (non-hydrogen) atoms. The van der Waals surface area contributed by atoms with Crippen molar-refractivity contribution in [2.45, 2.75) is 231 Å². The Balaban J connectivity index is 0. The zero-order valence-electron chi connectivity index (χ0n) is 34.3. The molecule has 0 aliphatic heterocycles. The van der Waals surface area contributed by atoms with Gasteiger partial charge in [-0.3, -0.25) is 14.4 Å². The lowest BCUT2D eigenvalue weighted by Gasteiger charge is -2.19. The van der Waals surface area contributed by atoms with Crippen LogP contribution in [0.2, 0.25) is 0 Å². The molecule has 0 aliphatic carbocycles. The third kappa shape index (κ3) is 38.4. The summed E-state index contributed by atoms with van der Waals surface area (Å²) in [5.74, 6) is -3.36. The molecule has 0 aromatic carbocycles. The average molecular weight is 776 g/mol. The summed E-state index contributed by atoms with van der Waals surface area (Å²) in [7, 11) is 0. The second-order valence-electron chi connectivity index (χ2n) is 15.1. The molecule has 0 heterocycles. The monoisotopic (exact) mass is 775 g/mol. The van der Waals surface area contributed by atoms with Crippen LogP contribution in [-0.2, 0) is 28.7 Å². The molecule has 0 aliphatic rings. The molecule has 0 fully saturated rings. The van der Waals surface area contributed by atoms with Crippen LogP contribution in [0.3, 0.4) is 0 Å². The van der Waals surface area contributed by atoms with Crippen molar-refractivity contribution in [2.24, 2.45) is 5.73 Å². The van der Waals surface area contributed by atoms with Gasteiger partial charge in [-0.05, 0) is 12.8 Å². The highest BCUT2D eigenvalue weighted by Crippen LogP contribution is 2.16. The van der Waals surface area contributed by atoms with Crippen LogP contribution in [0.25, 0.3) is 0 Å². The maximum absolute atomic E-state index is 12.6. The van der Waals surface area contributed by atoms with Gasteiger partial charge in [-0.25, -0.2) is 4.79 Å². The minimum Gasteiger partial charge on any atom is -0.475 e. The largest absolute Gasteiger partial charge is 0.475 e. The number of ether oxygens (including phenoxy) is 2. The van der Waals surface area contributed by atoms with E-state index >= 15 is 0 Å². The van der Waals surface area contributed by atoms with Crippen molar-refractivity contribution in [1.82, 2.24) is 5.32 Å². The number of carboxylic acid groups (broad SMARTS) is 1. The smallest absolute Gasteiger partial charge is 0.373 e. The number of carboxylic acids is 1. The molecular formula is C43H83ClN2O7. The van der Waals surface area contributed by atoms with Crippen molar-refractivity contribution in [3.63, 3.8) is 0 Å². The highest BCUT2D eigenvalue weighted by atomic mass is 35.5. The number of unbranched alkanes of at least 4 members (excludes halogenated alkanes) is 28. The zero-order valence-corrected chi connectivity index (χ0v) is 35.1. The molecule has 0 bridgehead atoms. The highest BCUT2D eigenvalue weighted by molar-refractivity contribution is 6.34. The summed E-state index contributed by atoms with van der Waals surface area (Å²) in [6.45, 7) is 4.42. The van der Waals surface area contributed by atoms with Gasteiger partial charge in [0.25, 0.3) is 5.78 Å². The van der Waals surface area contributed by atoms with Crippen molar-refractivity contribution >= 4 is 36.1 Å². The lowest BCUT2D eigenvalue weighted by atomic mass is 10.0. The Morgan fingerprint density at radius 1 is 0.509 bits per heavy atom. The second-order valence-corrected chi connectivity index (χ2v) is 15.1. The first-order valence-corrected chi connectivity index (χ1v) is 21.9. The van der Waals surface area contributed by atoms with Crippen LogP contribution in [0, 0.1) is 0 Å². The van der Waals surface area contributed by atoms with E-state index in [2.05, 4.69) is 19.2 Å². The number of hydrogen-bond acceptors (Lipinski definition) is 8. The Morgan fingerprint density at radius 2 is 0.830 bits per heavy atom. The highest BCUT2D eigenvalue weighted by Gasteiger charge is 2.22. The Hall–Kier alpha value is -1.71. The summed E-state index contributed by atoms with van der Waals surface area (Å²) in [4.78, 5) is 47.5. The number of carbonyl (C=O) groups is 4. The van der Waals surface area contributed by atoms with E-state index in [0.717, 1.165) is 38.5 Å². The Kier molecular flexibility index (Phi) is 41.8. The molecule has 0 rings (SSSR count). The Bertz CT molecular complexity index is 860. The molecule has 314 valence electrons. The van der Waals surface area contributed by atoms with Crippen molar-refractivity contribution in [2.75, 3.05) is 19.7 Å². The number of rotatable bonds is 41. The molecule has 0 amide bonds. The van der Waals surface area contributed by atoms with Crippen LogP contribution in [0.4, 0.5) is 0 Å². The number of aliphatic carboxylic acids is 1. The molecule has 0 spiro atoms. The lowest BCUT2D eigenvalue weighted by molar-refractivity contribution is -0.159. The average Bonchev–Trinajstić information content (AvgIpc) is 3.13. The van der Waals surface area contributed by atoms with E-state index in [0.29, 0.717) is 12.8 Å². The number of esters is 2. The molecular weight excluding hydrogens is 692 g/mol. The molecule has 2 atom stereocenters. The predicted octanol–water partition coefficient (Wildman–Crippen LogP) is 11.0. The summed E-state index contributed by atoms with van der Waals surface area (Å²) < 4.78 is 11.1. The van der Waals surface area contributed by atoms with Gasteiger partial charge in [0.2, 0.25) is 0 Å². The normalized spacial score (nSPS) is 12.2. The quantitative estimate of drug-likeness (QED) is 0.0314. The first kappa shape index (κ1) is 53.4. The summed E-state index contributed by atoms with van der Waals surface area (Å²) in [6, 6.07) is -1.22. The van der Waals surface area contributed by atoms with E-state index in [9.17, 15) is 19.2 Å². The fourth-order valence-electron chi connectivity index (χ4n) is 6.57. The molecule has 9 nitrogen and oxygen atoms in total. The second kappa shape index (κ2) is 41.5. The predicted molar refractivity (Wildman–Crippen MR) is 221 cm³/mol. The molecule has 2 unspecified atom stereocenters. The Labute approximate surface area is 331 Å². The van der Waals surface area contributed by atoms with E-state index in [4.69, 9.17) is 20.3 Å². The van der Waals surface area contributed by atoms with Crippen LogP contribution in [0.5, 0.6) is 0 Å². The summed E-state index contributed by atoms with van der Waals surface area (Å²) in [6.07, 6.45) is 37.5. The summed E-state index contributed by atoms with van der Waals surface area (Å²) in [5.41, 5.74) is 5.66. The van der Waals surface area contributed by atoms with Crippen molar-refractivity contribution in [1.29, 1.82) is 0 Å². The molecule has 0 saturated heterocycles. The third-order valence-corrected chi connectivity index (χ3v) is 9.98. The molecule has 0 saturated carbocycles. The molecule has 4 N–H and O–H groups in total. The van der Waals surface area contributed by atoms with Gasteiger partial charge >= 0.3 is 17.9 Å². The van der Waals surface area contributed by atoms with Crippen molar-refractivity contribution in [3.05, 3.63) is 0 Å². The first-order valence-electron chi connectivity index (χ1n) is 21.9. The van der Waals surface area contributed by atoms with Gasteiger partial charge in [-0.15, -0.1) is 12.4 Å². The number of ketones is 1. The van der Waals surface area contributed by atoms with Crippen LogP contribution in [-0.4, -0.2) is 60.6 Å². The van der Waals surface area contributed by atoms with E-state index in [1.807, 2.05) is 0 Å². The van der Waals surface area contributed by atoms with E-state index in [-0.39, 0.29) is 44.0 Å². The number of carbonyl (C=O) groups excluding carboxylic acids is 3.